The van der Waals surface area contributed by atoms with Crippen LogP contribution >= 0.6 is 0 Å². The fraction of sp³-hybridized carbons (Fsp3) is 0.208. The lowest BCUT2D eigenvalue weighted by Crippen LogP contribution is -2.35. The van der Waals surface area contributed by atoms with E-state index in [0.29, 0.717) is 23.1 Å². The number of amides is 1. The number of rotatable bonds is 6. The fourth-order valence-electron chi connectivity index (χ4n) is 3.59. The van der Waals surface area contributed by atoms with Gasteiger partial charge in [-0.3, -0.25) is 4.79 Å². The molecule has 0 unspecified atom stereocenters. The molecule has 6 heteroatoms. The Balaban J connectivity index is 1.28. The van der Waals surface area contributed by atoms with Crippen molar-refractivity contribution in [3.63, 3.8) is 0 Å². The Morgan fingerprint density at radius 2 is 1.47 bits per heavy atom. The van der Waals surface area contributed by atoms with E-state index in [4.69, 9.17) is 4.74 Å². The summed E-state index contributed by atoms with van der Waals surface area (Å²) in [6.45, 7) is 0.750. The number of ether oxygens (including phenoxy) is 1. The van der Waals surface area contributed by atoms with Crippen LogP contribution in [0.3, 0.4) is 0 Å². The molecule has 0 bridgehead atoms. The first-order valence-corrected chi connectivity index (χ1v) is 9.87. The van der Waals surface area contributed by atoms with Gasteiger partial charge in [0, 0.05) is 5.69 Å². The molecule has 0 aliphatic carbocycles. The minimum Gasteiger partial charge on any atom is -0.457 e. The standard InChI is InChI=1S/C24H22F2N2O2/c25-18-3-1-16(2-4-18)13-17-14-23(27-15-17)24(29)28-20-7-11-22(12-8-20)30-21-9-5-19(26)6-10-21/h1-12,17,23,27H,13-15H2,(H,28,29)/t17-,23+/m1/s1. The molecule has 0 aromatic heterocycles. The van der Waals surface area contributed by atoms with Crippen molar-refractivity contribution in [3.05, 3.63) is 90.0 Å². The first kappa shape index (κ1) is 20.0. The van der Waals surface area contributed by atoms with Crippen LogP contribution in [-0.4, -0.2) is 18.5 Å². The average Bonchev–Trinajstić information content (AvgIpc) is 3.22. The van der Waals surface area contributed by atoms with E-state index < -0.39 is 0 Å². The molecule has 4 nitrogen and oxygen atoms in total. The number of halogens is 2. The molecule has 154 valence electrons. The maximum absolute atomic E-state index is 13.0. The molecule has 1 heterocycles. The third-order valence-electron chi connectivity index (χ3n) is 5.15. The van der Waals surface area contributed by atoms with Gasteiger partial charge in [-0.15, -0.1) is 0 Å². The Labute approximate surface area is 173 Å². The van der Waals surface area contributed by atoms with Crippen LogP contribution in [0.15, 0.2) is 72.8 Å². The second-order valence-electron chi connectivity index (χ2n) is 7.46. The summed E-state index contributed by atoms with van der Waals surface area (Å²) in [6, 6.07) is 19.1. The third-order valence-corrected chi connectivity index (χ3v) is 5.15. The van der Waals surface area contributed by atoms with Crippen molar-refractivity contribution < 1.29 is 18.3 Å². The minimum atomic E-state index is -0.319. The van der Waals surface area contributed by atoms with E-state index in [9.17, 15) is 13.6 Å². The average molecular weight is 408 g/mol. The van der Waals surface area contributed by atoms with Gasteiger partial charge in [0.1, 0.15) is 23.1 Å². The first-order chi connectivity index (χ1) is 14.5. The molecular weight excluding hydrogens is 386 g/mol. The van der Waals surface area contributed by atoms with E-state index in [-0.39, 0.29) is 23.6 Å². The summed E-state index contributed by atoms with van der Waals surface area (Å²) >= 11 is 0. The predicted molar refractivity (Wildman–Crippen MR) is 112 cm³/mol. The highest BCUT2D eigenvalue weighted by Crippen LogP contribution is 2.24. The molecule has 3 aromatic carbocycles. The van der Waals surface area contributed by atoms with E-state index in [1.54, 1.807) is 48.5 Å². The van der Waals surface area contributed by atoms with Crippen LogP contribution in [0.2, 0.25) is 0 Å². The Morgan fingerprint density at radius 1 is 0.900 bits per heavy atom. The van der Waals surface area contributed by atoms with Crippen LogP contribution in [0.4, 0.5) is 14.5 Å². The van der Waals surface area contributed by atoms with Gasteiger partial charge in [-0.05, 0) is 91.5 Å². The zero-order chi connectivity index (χ0) is 20.9. The Hall–Kier alpha value is -3.25. The molecular formula is C24H22F2N2O2. The molecule has 4 rings (SSSR count). The van der Waals surface area contributed by atoms with Gasteiger partial charge in [0.2, 0.25) is 5.91 Å². The maximum atomic E-state index is 13.0. The van der Waals surface area contributed by atoms with Crippen LogP contribution in [0.25, 0.3) is 0 Å². The highest BCUT2D eigenvalue weighted by atomic mass is 19.1. The fourth-order valence-corrected chi connectivity index (χ4v) is 3.59. The van der Waals surface area contributed by atoms with Crippen molar-refractivity contribution in [2.45, 2.75) is 18.9 Å². The van der Waals surface area contributed by atoms with Crippen molar-refractivity contribution in [3.8, 4) is 11.5 Å². The maximum Gasteiger partial charge on any atom is 0.241 e. The predicted octanol–water partition coefficient (Wildman–Crippen LogP) is 4.92. The molecule has 1 saturated heterocycles. The van der Waals surface area contributed by atoms with Gasteiger partial charge in [-0.25, -0.2) is 8.78 Å². The summed E-state index contributed by atoms with van der Waals surface area (Å²) < 4.78 is 31.7. The summed E-state index contributed by atoms with van der Waals surface area (Å²) in [5, 5.41) is 6.18. The van der Waals surface area contributed by atoms with E-state index >= 15 is 0 Å². The number of carbonyl (C=O) groups is 1. The summed E-state index contributed by atoms with van der Waals surface area (Å²) in [6.07, 6.45) is 1.54. The van der Waals surface area contributed by atoms with Crippen molar-refractivity contribution in [1.29, 1.82) is 0 Å². The zero-order valence-electron chi connectivity index (χ0n) is 16.3. The Morgan fingerprint density at radius 3 is 2.10 bits per heavy atom. The van der Waals surface area contributed by atoms with E-state index in [1.165, 1.54) is 24.3 Å². The molecule has 0 spiro atoms. The molecule has 2 N–H and O–H groups in total. The quantitative estimate of drug-likeness (QED) is 0.609. The smallest absolute Gasteiger partial charge is 0.241 e. The molecule has 1 fully saturated rings. The number of carbonyl (C=O) groups excluding carboxylic acids is 1. The SMILES string of the molecule is O=C(Nc1ccc(Oc2ccc(F)cc2)cc1)[C@@H]1C[C@@H](Cc2ccc(F)cc2)CN1. The summed E-state index contributed by atoms with van der Waals surface area (Å²) in [7, 11) is 0. The van der Waals surface area contributed by atoms with Gasteiger partial charge >= 0.3 is 0 Å². The zero-order valence-corrected chi connectivity index (χ0v) is 16.3. The molecule has 1 aliphatic heterocycles. The molecule has 30 heavy (non-hydrogen) atoms. The summed E-state index contributed by atoms with van der Waals surface area (Å²) in [5.74, 6) is 0.825. The number of anilines is 1. The third kappa shape index (κ3) is 5.21. The molecule has 1 amide bonds. The molecule has 2 atom stereocenters. The van der Waals surface area contributed by atoms with Crippen molar-refractivity contribution >= 4 is 11.6 Å². The number of nitrogens with one attached hydrogen (secondary N) is 2. The van der Waals surface area contributed by atoms with Crippen LogP contribution in [0.5, 0.6) is 11.5 Å². The molecule has 3 aromatic rings. The lowest BCUT2D eigenvalue weighted by molar-refractivity contribution is -0.117. The lowest BCUT2D eigenvalue weighted by atomic mass is 9.96. The van der Waals surface area contributed by atoms with Gasteiger partial charge < -0.3 is 15.4 Å². The van der Waals surface area contributed by atoms with Crippen LogP contribution in [0, 0.1) is 17.6 Å². The minimum absolute atomic E-state index is 0.0798. The molecule has 0 radical (unpaired) electrons. The van der Waals surface area contributed by atoms with Gasteiger partial charge in [0.15, 0.2) is 0 Å². The largest absolute Gasteiger partial charge is 0.457 e. The van der Waals surface area contributed by atoms with Crippen LogP contribution in [0.1, 0.15) is 12.0 Å². The number of benzene rings is 3. The van der Waals surface area contributed by atoms with E-state index in [1.807, 2.05) is 0 Å². The van der Waals surface area contributed by atoms with E-state index in [2.05, 4.69) is 10.6 Å². The monoisotopic (exact) mass is 408 g/mol. The van der Waals surface area contributed by atoms with Gasteiger partial charge in [0.25, 0.3) is 0 Å². The number of hydrogen-bond donors (Lipinski definition) is 2. The van der Waals surface area contributed by atoms with E-state index in [0.717, 1.165) is 24.9 Å². The van der Waals surface area contributed by atoms with Gasteiger partial charge in [-0.2, -0.15) is 0 Å². The Kier molecular flexibility index (Phi) is 6.05. The second-order valence-corrected chi connectivity index (χ2v) is 7.46. The Bertz CT molecular complexity index is 989. The van der Waals surface area contributed by atoms with Crippen molar-refractivity contribution in [2.24, 2.45) is 5.92 Å². The molecule has 0 saturated carbocycles. The van der Waals surface area contributed by atoms with Gasteiger partial charge in [0.05, 0.1) is 6.04 Å². The van der Waals surface area contributed by atoms with Crippen molar-refractivity contribution in [1.82, 2.24) is 5.32 Å². The topological polar surface area (TPSA) is 50.4 Å². The molecule has 1 aliphatic rings. The second kappa shape index (κ2) is 9.05. The highest BCUT2D eigenvalue weighted by Gasteiger charge is 2.29. The highest BCUT2D eigenvalue weighted by molar-refractivity contribution is 5.95. The van der Waals surface area contributed by atoms with Crippen LogP contribution in [-0.2, 0) is 11.2 Å². The number of hydrogen-bond acceptors (Lipinski definition) is 3. The summed E-state index contributed by atoms with van der Waals surface area (Å²) in [4.78, 5) is 12.6. The summed E-state index contributed by atoms with van der Waals surface area (Å²) in [5.41, 5.74) is 1.75. The lowest BCUT2D eigenvalue weighted by Gasteiger charge is -2.12. The normalized spacial score (nSPS) is 18.2. The van der Waals surface area contributed by atoms with Gasteiger partial charge in [-0.1, -0.05) is 12.1 Å². The van der Waals surface area contributed by atoms with Crippen LogP contribution < -0.4 is 15.4 Å². The first-order valence-electron chi connectivity index (χ1n) is 9.87. The van der Waals surface area contributed by atoms with Crippen molar-refractivity contribution in [2.75, 3.05) is 11.9 Å².